The van der Waals surface area contributed by atoms with Gasteiger partial charge in [-0.3, -0.25) is 9.89 Å². The van der Waals surface area contributed by atoms with Gasteiger partial charge in [0, 0.05) is 23.5 Å². The van der Waals surface area contributed by atoms with Gasteiger partial charge in [-0.15, -0.1) is 0 Å². The highest BCUT2D eigenvalue weighted by atomic mass is 16.5. The molecule has 2 saturated heterocycles. The van der Waals surface area contributed by atoms with E-state index < -0.39 is 0 Å². The number of benzene rings is 1. The smallest absolute Gasteiger partial charge is 0.272 e. The van der Waals surface area contributed by atoms with Crippen LogP contribution in [0, 0.1) is 0 Å². The Bertz CT molecular complexity index is 743. The standard InChI is InChI=1S/C18H24N4O2/c1-22-12-5-3-6-13(22)10-11(9-12)19-18(23)17-14-7-4-8-15(24-2)16(14)20-21-17/h4,7-8,11-13H,3,5-6,9-10H2,1-2H3,(H,19,23)(H,20,21)/t11-,12+,13-. The highest BCUT2D eigenvalue weighted by molar-refractivity contribution is 6.06. The molecule has 1 aromatic carbocycles. The van der Waals surface area contributed by atoms with Crippen LogP contribution in [0.3, 0.4) is 0 Å². The van der Waals surface area contributed by atoms with E-state index in [0.717, 1.165) is 23.7 Å². The average Bonchev–Trinajstić information content (AvgIpc) is 3.00. The number of nitrogens with one attached hydrogen (secondary N) is 2. The zero-order valence-electron chi connectivity index (χ0n) is 14.2. The summed E-state index contributed by atoms with van der Waals surface area (Å²) < 4.78 is 5.32. The van der Waals surface area contributed by atoms with Crippen LogP contribution in [0.1, 0.15) is 42.6 Å². The zero-order valence-corrected chi connectivity index (χ0v) is 14.2. The van der Waals surface area contributed by atoms with E-state index in [1.807, 2.05) is 18.2 Å². The predicted molar refractivity (Wildman–Crippen MR) is 92.3 cm³/mol. The predicted octanol–water partition coefficient (Wildman–Crippen LogP) is 2.32. The van der Waals surface area contributed by atoms with Gasteiger partial charge in [0.25, 0.3) is 5.91 Å². The molecule has 0 aliphatic carbocycles. The number of para-hydroxylation sites is 1. The Morgan fingerprint density at radius 2 is 2.08 bits per heavy atom. The lowest BCUT2D eigenvalue weighted by Crippen LogP contribution is -2.55. The summed E-state index contributed by atoms with van der Waals surface area (Å²) in [7, 11) is 3.84. The first-order valence-corrected chi connectivity index (χ1v) is 8.71. The van der Waals surface area contributed by atoms with Gasteiger partial charge in [0.1, 0.15) is 11.3 Å². The Labute approximate surface area is 141 Å². The molecule has 4 rings (SSSR count). The Morgan fingerprint density at radius 1 is 1.33 bits per heavy atom. The Morgan fingerprint density at radius 3 is 2.79 bits per heavy atom. The van der Waals surface area contributed by atoms with Crippen molar-refractivity contribution in [2.45, 2.75) is 50.2 Å². The minimum absolute atomic E-state index is 0.0953. The molecule has 0 saturated carbocycles. The first-order valence-electron chi connectivity index (χ1n) is 8.71. The van der Waals surface area contributed by atoms with Crippen molar-refractivity contribution in [3.63, 3.8) is 0 Å². The number of hydrogen-bond acceptors (Lipinski definition) is 4. The topological polar surface area (TPSA) is 70.2 Å². The number of methoxy groups -OCH3 is 1. The molecular formula is C18H24N4O2. The van der Waals surface area contributed by atoms with E-state index in [9.17, 15) is 4.79 Å². The zero-order chi connectivity index (χ0) is 16.7. The average molecular weight is 328 g/mol. The summed E-state index contributed by atoms with van der Waals surface area (Å²) in [5, 5.41) is 11.2. The monoisotopic (exact) mass is 328 g/mol. The number of amides is 1. The molecule has 3 heterocycles. The van der Waals surface area contributed by atoms with Gasteiger partial charge in [0.2, 0.25) is 0 Å². The maximum atomic E-state index is 12.7. The summed E-state index contributed by atoms with van der Waals surface area (Å²) in [6, 6.07) is 7.08. The van der Waals surface area contributed by atoms with Crippen molar-refractivity contribution in [3.05, 3.63) is 23.9 Å². The van der Waals surface area contributed by atoms with Gasteiger partial charge in [0.15, 0.2) is 5.69 Å². The van der Waals surface area contributed by atoms with Crippen molar-refractivity contribution in [1.29, 1.82) is 0 Å². The molecule has 24 heavy (non-hydrogen) atoms. The maximum Gasteiger partial charge on any atom is 0.272 e. The van der Waals surface area contributed by atoms with E-state index in [-0.39, 0.29) is 11.9 Å². The number of hydrogen-bond donors (Lipinski definition) is 2. The van der Waals surface area contributed by atoms with Crippen LogP contribution in [0.5, 0.6) is 5.75 Å². The minimum Gasteiger partial charge on any atom is -0.494 e. The fourth-order valence-corrected chi connectivity index (χ4v) is 4.35. The third-order valence-corrected chi connectivity index (χ3v) is 5.67. The number of H-pyrrole nitrogens is 1. The molecule has 128 valence electrons. The molecule has 1 aromatic heterocycles. The molecule has 2 N–H and O–H groups in total. The number of piperidine rings is 2. The van der Waals surface area contributed by atoms with E-state index in [4.69, 9.17) is 4.74 Å². The van der Waals surface area contributed by atoms with Gasteiger partial charge < -0.3 is 15.0 Å². The number of nitrogens with zero attached hydrogens (tertiary/aromatic N) is 2. The first-order chi connectivity index (χ1) is 11.7. The number of ether oxygens (including phenoxy) is 1. The fraction of sp³-hybridized carbons (Fsp3) is 0.556. The molecule has 6 nitrogen and oxygen atoms in total. The number of aromatic amines is 1. The number of fused-ring (bicyclic) bond motifs is 3. The molecule has 2 aliphatic heterocycles. The highest BCUT2D eigenvalue weighted by Crippen LogP contribution is 2.33. The van der Waals surface area contributed by atoms with Gasteiger partial charge in [0.05, 0.1) is 7.11 Å². The Balaban J connectivity index is 1.53. The summed E-state index contributed by atoms with van der Waals surface area (Å²) in [6.07, 6.45) is 5.85. The molecule has 0 unspecified atom stereocenters. The van der Waals surface area contributed by atoms with Crippen LogP contribution in [0.4, 0.5) is 0 Å². The normalized spacial score (nSPS) is 27.2. The molecule has 6 heteroatoms. The molecular weight excluding hydrogens is 304 g/mol. The van der Waals surface area contributed by atoms with E-state index in [0.29, 0.717) is 23.5 Å². The second kappa shape index (κ2) is 6.09. The van der Waals surface area contributed by atoms with Crippen molar-refractivity contribution in [2.24, 2.45) is 0 Å². The second-order valence-corrected chi connectivity index (χ2v) is 7.00. The summed E-state index contributed by atoms with van der Waals surface area (Å²) in [5.74, 6) is 0.606. The van der Waals surface area contributed by atoms with Gasteiger partial charge in [-0.2, -0.15) is 5.10 Å². The summed E-state index contributed by atoms with van der Waals surface area (Å²) in [4.78, 5) is 15.2. The molecule has 0 spiro atoms. The van der Waals surface area contributed by atoms with Crippen molar-refractivity contribution in [3.8, 4) is 5.75 Å². The van der Waals surface area contributed by atoms with Crippen molar-refractivity contribution in [2.75, 3.05) is 14.2 Å². The summed E-state index contributed by atoms with van der Waals surface area (Å²) >= 11 is 0. The minimum atomic E-state index is -0.0953. The SMILES string of the molecule is COc1cccc2c(C(=O)N[C@H]3C[C@H]4CCC[C@@H](C3)N4C)n[nH]c12. The van der Waals surface area contributed by atoms with Crippen molar-refractivity contribution in [1.82, 2.24) is 20.4 Å². The Kier molecular flexibility index (Phi) is 3.92. The van der Waals surface area contributed by atoms with E-state index in [1.165, 1.54) is 19.3 Å². The van der Waals surface area contributed by atoms with Gasteiger partial charge in [-0.25, -0.2) is 0 Å². The third kappa shape index (κ3) is 2.55. The van der Waals surface area contributed by atoms with Crippen LogP contribution in [0.2, 0.25) is 0 Å². The third-order valence-electron chi connectivity index (χ3n) is 5.67. The molecule has 2 bridgehead atoms. The summed E-state index contributed by atoms with van der Waals surface area (Å²) in [5.41, 5.74) is 1.22. The van der Waals surface area contributed by atoms with Crippen LogP contribution in [0.15, 0.2) is 18.2 Å². The van der Waals surface area contributed by atoms with Crippen molar-refractivity contribution >= 4 is 16.8 Å². The van der Waals surface area contributed by atoms with Gasteiger partial charge >= 0.3 is 0 Å². The molecule has 2 aromatic rings. The van der Waals surface area contributed by atoms with Gasteiger partial charge in [-0.1, -0.05) is 18.6 Å². The maximum absolute atomic E-state index is 12.7. The number of carbonyl (C=O) groups excluding carboxylic acids is 1. The quantitative estimate of drug-likeness (QED) is 0.907. The largest absolute Gasteiger partial charge is 0.494 e. The van der Waals surface area contributed by atoms with Crippen molar-refractivity contribution < 1.29 is 9.53 Å². The van der Waals surface area contributed by atoms with Crippen LogP contribution < -0.4 is 10.1 Å². The molecule has 0 radical (unpaired) electrons. The lowest BCUT2D eigenvalue weighted by atomic mass is 9.82. The van der Waals surface area contributed by atoms with E-state index in [1.54, 1.807) is 7.11 Å². The Hall–Kier alpha value is -2.08. The number of rotatable bonds is 3. The van der Waals surface area contributed by atoms with Crippen LogP contribution in [-0.4, -0.2) is 53.3 Å². The molecule has 2 fully saturated rings. The lowest BCUT2D eigenvalue weighted by molar-refractivity contribution is 0.0462. The number of aromatic nitrogens is 2. The van der Waals surface area contributed by atoms with Crippen LogP contribution in [0.25, 0.3) is 10.9 Å². The number of carbonyl (C=O) groups is 1. The molecule has 2 aliphatic rings. The molecule has 1 amide bonds. The van der Waals surface area contributed by atoms with Gasteiger partial charge in [-0.05, 0) is 38.8 Å². The lowest BCUT2D eigenvalue weighted by Gasteiger charge is -2.47. The van der Waals surface area contributed by atoms with E-state index in [2.05, 4.69) is 27.5 Å². The fourth-order valence-electron chi connectivity index (χ4n) is 4.35. The highest BCUT2D eigenvalue weighted by Gasteiger charge is 2.36. The van der Waals surface area contributed by atoms with Crippen LogP contribution in [-0.2, 0) is 0 Å². The van der Waals surface area contributed by atoms with Crippen LogP contribution >= 0.6 is 0 Å². The second-order valence-electron chi connectivity index (χ2n) is 7.00. The first kappa shape index (κ1) is 15.4. The molecule has 3 atom stereocenters. The summed E-state index contributed by atoms with van der Waals surface area (Å²) in [6.45, 7) is 0. The van der Waals surface area contributed by atoms with E-state index >= 15 is 0 Å².